The first-order valence-corrected chi connectivity index (χ1v) is 10.1. The zero-order chi connectivity index (χ0) is 24.2. The Hall–Kier alpha value is -3.69. The minimum absolute atomic E-state index is 0.0456. The van der Waals surface area contributed by atoms with Gasteiger partial charge in [0.15, 0.2) is 17.3 Å². The van der Waals surface area contributed by atoms with Crippen LogP contribution in [0.4, 0.5) is 18.9 Å². The Morgan fingerprint density at radius 3 is 2.42 bits per heavy atom. The summed E-state index contributed by atoms with van der Waals surface area (Å²) in [5.74, 6) is -2.14. The van der Waals surface area contributed by atoms with Gasteiger partial charge in [-0.3, -0.25) is 4.79 Å². The van der Waals surface area contributed by atoms with Gasteiger partial charge in [0.25, 0.3) is 5.56 Å². The predicted molar refractivity (Wildman–Crippen MR) is 116 cm³/mol. The molecular weight excluding hydrogens is 441 g/mol. The van der Waals surface area contributed by atoms with E-state index in [1.807, 2.05) is 12.1 Å². The summed E-state index contributed by atoms with van der Waals surface area (Å²) < 4.78 is 53.9. The van der Waals surface area contributed by atoms with E-state index in [0.29, 0.717) is 18.7 Å². The van der Waals surface area contributed by atoms with E-state index in [-0.39, 0.29) is 28.8 Å². The smallest absolute Gasteiger partial charge is 0.487 e. The molecule has 0 saturated carbocycles. The third-order valence-electron chi connectivity index (χ3n) is 4.66. The van der Waals surface area contributed by atoms with E-state index in [2.05, 4.69) is 5.16 Å². The highest BCUT2D eigenvalue weighted by molar-refractivity contribution is 5.81. The molecule has 0 aliphatic heterocycles. The number of aromatic amines is 1. The number of para-hydroxylation sites is 1. The number of ether oxygens (including phenoxy) is 2. The average molecular weight is 464 g/mol. The molecule has 0 unspecified atom stereocenters. The Kier molecular flexibility index (Phi) is 7.15. The van der Waals surface area contributed by atoms with Gasteiger partial charge in [0.05, 0.1) is 17.9 Å². The largest absolute Gasteiger partial charge is 0.491 e. The van der Waals surface area contributed by atoms with Crippen LogP contribution in [0.2, 0.25) is 0 Å². The van der Waals surface area contributed by atoms with Gasteiger partial charge in [0.2, 0.25) is 0 Å². The number of H-pyrrole nitrogens is 1. The number of halogens is 3. The van der Waals surface area contributed by atoms with Crippen molar-refractivity contribution < 1.29 is 32.0 Å². The standard InChI is InChI=1S/C23H23F3N2O5/c1-14(2)31-18-6-4-5-17(21(18)32-22(30)23(24,25)26)28(3)12-11-15-7-9-16(10-8-15)19-13-20(29)27-33-19/h4-10,13-14H,11-12H2,1-3H3,(H,27,29). The molecular formula is C23H23F3N2O5. The van der Waals surface area contributed by atoms with Gasteiger partial charge in [0.1, 0.15) is 0 Å². The van der Waals surface area contributed by atoms with Crippen LogP contribution in [-0.4, -0.2) is 37.0 Å². The number of carbonyl (C=O) groups excluding carboxylic acids is 1. The molecule has 176 valence electrons. The van der Waals surface area contributed by atoms with Crippen LogP contribution in [0.15, 0.2) is 57.8 Å². The monoisotopic (exact) mass is 464 g/mol. The Morgan fingerprint density at radius 2 is 1.85 bits per heavy atom. The lowest BCUT2D eigenvalue weighted by Gasteiger charge is -2.24. The van der Waals surface area contributed by atoms with Crippen molar-refractivity contribution in [2.75, 3.05) is 18.5 Å². The summed E-state index contributed by atoms with van der Waals surface area (Å²) >= 11 is 0. The van der Waals surface area contributed by atoms with Crippen molar-refractivity contribution in [3.05, 3.63) is 64.4 Å². The Morgan fingerprint density at radius 1 is 1.15 bits per heavy atom. The predicted octanol–water partition coefficient (Wildman–Crippen LogP) is 4.57. The number of anilines is 1. The van der Waals surface area contributed by atoms with Crippen LogP contribution in [-0.2, 0) is 11.2 Å². The molecule has 10 heteroatoms. The number of rotatable bonds is 8. The van der Waals surface area contributed by atoms with Crippen molar-refractivity contribution in [2.45, 2.75) is 32.5 Å². The number of likely N-dealkylation sites (N-methyl/N-ethyl adjacent to an activating group) is 1. The molecule has 3 rings (SSSR count). The minimum Gasteiger partial charge on any atom is -0.487 e. The molecule has 1 heterocycles. The van der Waals surface area contributed by atoms with Crippen molar-refractivity contribution in [3.63, 3.8) is 0 Å². The van der Waals surface area contributed by atoms with E-state index in [1.54, 1.807) is 50.1 Å². The van der Waals surface area contributed by atoms with E-state index in [4.69, 9.17) is 14.0 Å². The van der Waals surface area contributed by atoms with Gasteiger partial charge in [-0.25, -0.2) is 4.79 Å². The molecule has 1 aromatic heterocycles. The zero-order valence-electron chi connectivity index (χ0n) is 18.2. The minimum atomic E-state index is -5.14. The molecule has 0 amide bonds. The number of alkyl halides is 3. The molecule has 0 atom stereocenters. The number of nitrogens with zero attached hydrogens (tertiary/aromatic N) is 1. The molecule has 0 aliphatic rings. The van der Waals surface area contributed by atoms with E-state index in [0.717, 1.165) is 11.1 Å². The van der Waals surface area contributed by atoms with Crippen LogP contribution >= 0.6 is 0 Å². The van der Waals surface area contributed by atoms with Gasteiger partial charge in [-0.1, -0.05) is 30.3 Å². The molecule has 0 spiro atoms. The van der Waals surface area contributed by atoms with Crippen LogP contribution < -0.4 is 19.9 Å². The first kappa shape index (κ1) is 24.0. The van der Waals surface area contributed by atoms with Crippen molar-refractivity contribution in [1.82, 2.24) is 5.16 Å². The van der Waals surface area contributed by atoms with Crippen molar-refractivity contribution in [1.29, 1.82) is 0 Å². The van der Waals surface area contributed by atoms with Gasteiger partial charge < -0.3 is 18.9 Å². The second-order valence-corrected chi connectivity index (χ2v) is 7.60. The van der Waals surface area contributed by atoms with E-state index in [9.17, 15) is 22.8 Å². The summed E-state index contributed by atoms with van der Waals surface area (Å²) in [7, 11) is 1.68. The number of hydrogen-bond donors (Lipinski definition) is 1. The molecule has 0 fully saturated rings. The van der Waals surface area contributed by atoms with Crippen LogP contribution in [0.3, 0.4) is 0 Å². The summed E-state index contributed by atoms with van der Waals surface area (Å²) in [5, 5.41) is 2.23. The third-order valence-corrected chi connectivity index (χ3v) is 4.66. The molecule has 0 aliphatic carbocycles. The molecule has 1 N–H and O–H groups in total. The number of aromatic nitrogens is 1. The maximum absolute atomic E-state index is 12.8. The molecule has 33 heavy (non-hydrogen) atoms. The fourth-order valence-corrected chi connectivity index (χ4v) is 3.08. The third kappa shape index (κ3) is 6.18. The SMILES string of the molecule is CC(C)Oc1cccc(N(C)CCc2ccc(-c3cc(=O)[nH]o3)cc2)c1OC(=O)C(F)(F)F. The Balaban J connectivity index is 1.77. The molecule has 0 bridgehead atoms. The van der Waals surface area contributed by atoms with Gasteiger partial charge >= 0.3 is 12.1 Å². The summed E-state index contributed by atoms with van der Waals surface area (Å²) in [6, 6.07) is 13.3. The fraction of sp³-hybridized carbons (Fsp3) is 0.304. The van der Waals surface area contributed by atoms with Crippen LogP contribution in [0, 0.1) is 0 Å². The van der Waals surface area contributed by atoms with Gasteiger partial charge in [-0.05, 0) is 38.0 Å². The average Bonchev–Trinajstić information content (AvgIpc) is 3.18. The number of esters is 1. The summed E-state index contributed by atoms with van der Waals surface area (Å²) in [5.41, 5.74) is 1.63. The lowest BCUT2D eigenvalue weighted by Crippen LogP contribution is -2.29. The topological polar surface area (TPSA) is 84.8 Å². The van der Waals surface area contributed by atoms with E-state index in [1.165, 1.54) is 12.1 Å². The number of nitrogens with one attached hydrogen (secondary N) is 1. The van der Waals surface area contributed by atoms with Crippen molar-refractivity contribution >= 4 is 11.7 Å². The number of carbonyl (C=O) groups is 1. The number of hydrogen-bond acceptors (Lipinski definition) is 6. The molecule has 0 radical (unpaired) electrons. The first-order chi connectivity index (χ1) is 15.5. The summed E-state index contributed by atoms with van der Waals surface area (Å²) in [6.07, 6.45) is -4.92. The zero-order valence-corrected chi connectivity index (χ0v) is 18.2. The maximum Gasteiger partial charge on any atom is 0.491 e. The molecule has 3 aromatic rings. The lowest BCUT2D eigenvalue weighted by molar-refractivity contribution is -0.189. The van der Waals surface area contributed by atoms with Crippen molar-refractivity contribution in [2.24, 2.45) is 0 Å². The molecule has 2 aromatic carbocycles. The Labute approximate surface area is 187 Å². The van der Waals surface area contributed by atoms with Crippen LogP contribution in [0.25, 0.3) is 11.3 Å². The van der Waals surface area contributed by atoms with E-state index >= 15 is 0 Å². The Bertz CT molecular complexity index is 1150. The van der Waals surface area contributed by atoms with Crippen LogP contribution in [0.5, 0.6) is 11.5 Å². The first-order valence-electron chi connectivity index (χ1n) is 10.1. The van der Waals surface area contributed by atoms with E-state index < -0.39 is 12.1 Å². The molecule has 0 saturated heterocycles. The second-order valence-electron chi connectivity index (χ2n) is 7.60. The highest BCUT2D eigenvalue weighted by Crippen LogP contribution is 2.39. The normalized spacial score (nSPS) is 11.5. The van der Waals surface area contributed by atoms with Gasteiger partial charge in [-0.2, -0.15) is 18.3 Å². The van der Waals surface area contributed by atoms with Gasteiger partial charge in [0, 0.05) is 19.2 Å². The van der Waals surface area contributed by atoms with Crippen molar-refractivity contribution in [3.8, 4) is 22.8 Å². The second kappa shape index (κ2) is 9.85. The van der Waals surface area contributed by atoms with Crippen LogP contribution in [0.1, 0.15) is 19.4 Å². The van der Waals surface area contributed by atoms with Gasteiger partial charge in [-0.15, -0.1) is 0 Å². The molecule has 7 nitrogen and oxygen atoms in total. The maximum atomic E-state index is 12.8. The number of benzene rings is 2. The lowest BCUT2D eigenvalue weighted by atomic mass is 10.1. The quantitative estimate of drug-likeness (QED) is 0.388. The summed E-state index contributed by atoms with van der Waals surface area (Å²) in [6.45, 7) is 3.85. The summed E-state index contributed by atoms with van der Waals surface area (Å²) in [4.78, 5) is 24.4. The highest BCUT2D eigenvalue weighted by atomic mass is 19.4. The fourth-order valence-electron chi connectivity index (χ4n) is 3.08. The highest BCUT2D eigenvalue weighted by Gasteiger charge is 2.42.